The molecule has 1 amide bonds. The number of rotatable bonds is 3. The van der Waals surface area contributed by atoms with Crippen molar-refractivity contribution < 1.29 is 14.2 Å². The van der Waals surface area contributed by atoms with Crippen LogP contribution in [0.25, 0.3) is 22.6 Å². The smallest absolute Gasteiger partial charge is 0.228 e. The molecule has 8 heteroatoms. The number of H-pyrrole nitrogens is 1. The summed E-state index contributed by atoms with van der Waals surface area (Å²) in [5, 5.41) is 10.4. The molecule has 3 aromatic rings. The molecule has 2 N–H and O–H groups in total. The van der Waals surface area contributed by atoms with Gasteiger partial charge in [0.15, 0.2) is 11.5 Å². The lowest BCUT2D eigenvalue weighted by Gasteiger charge is -2.20. The normalized spacial score (nSPS) is 15.8. The van der Waals surface area contributed by atoms with E-state index in [1.807, 2.05) is 24.3 Å². The number of nitrogens with one attached hydrogen (secondary N) is 2. The summed E-state index contributed by atoms with van der Waals surface area (Å²) in [5.41, 5.74) is 2.08. The number of carbonyl (C=O) groups is 1. The van der Waals surface area contributed by atoms with Crippen molar-refractivity contribution in [2.24, 2.45) is 5.92 Å². The number of hydrogen-bond donors (Lipinski definition) is 2. The predicted molar refractivity (Wildman–Crippen MR) is 81.6 cm³/mol. The zero-order valence-electron chi connectivity index (χ0n) is 12.3. The summed E-state index contributed by atoms with van der Waals surface area (Å²) in [4.78, 5) is 19.9. The van der Waals surface area contributed by atoms with Crippen LogP contribution in [0.1, 0.15) is 12.8 Å². The zero-order valence-corrected chi connectivity index (χ0v) is 12.3. The fourth-order valence-electron chi connectivity index (χ4n) is 2.67. The van der Waals surface area contributed by atoms with Crippen molar-refractivity contribution in [3.05, 3.63) is 24.3 Å². The highest BCUT2D eigenvalue weighted by Crippen LogP contribution is 2.25. The maximum Gasteiger partial charge on any atom is 0.228 e. The highest BCUT2D eigenvalue weighted by atomic mass is 16.6. The summed E-state index contributed by atoms with van der Waals surface area (Å²) in [5.74, 6) is 0.612. The molecule has 1 aromatic carbocycles. The van der Waals surface area contributed by atoms with Gasteiger partial charge in [0.05, 0.1) is 11.0 Å². The standard InChI is InChI=1S/C15H15N5O3/c21-15(9-5-7-22-8-6-9)18-14-12(19-23-20-14)13-16-10-3-1-2-4-11(10)17-13/h1-4,9H,5-8H2,(H,16,17)(H,18,20,21). The molecule has 4 rings (SSSR count). The summed E-state index contributed by atoms with van der Waals surface area (Å²) < 4.78 is 10.1. The third kappa shape index (κ3) is 2.68. The van der Waals surface area contributed by atoms with E-state index in [2.05, 4.69) is 25.6 Å². The van der Waals surface area contributed by atoms with Crippen molar-refractivity contribution in [3.63, 3.8) is 0 Å². The van der Waals surface area contributed by atoms with E-state index < -0.39 is 0 Å². The molecule has 1 fully saturated rings. The maximum atomic E-state index is 12.3. The van der Waals surface area contributed by atoms with Crippen LogP contribution < -0.4 is 5.32 Å². The fraction of sp³-hybridized carbons (Fsp3) is 0.333. The van der Waals surface area contributed by atoms with E-state index in [0.717, 1.165) is 11.0 Å². The molecular formula is C15H15N5O3. The second-order valence-electron chi connectivity index (χ2n) is 5.44. The van der Waals surface area contributed by atoms with Gasteiger partial charge in [0, 0.05) is 19.1 Å². The molecule has 0 radical (unpaired) electrons. The molecule has 8 nitrogen and oxygen atoms in total. The molecule has 0 bridgehead atoms. The Morgan fingerprint density at radius 3 is 2.87 bits per heavy atom. The summed E-state index contributed by atoms with van der Waals surface area (Å²) in [6.07, 6.45) is 1.41. The minimum Gasteiger partial charge on any atom is -0.381 e. The Balaban J connectivity index is 1.59. The lowest BCUT2D eigenvalue weighted by Crippen LogP contribution is -2.28. The third-order valence-electron chi connectivity index (χ3n) is 3.94. The van der Waals surface area contributed by atoms with Gasteiger partial charge in [-0.25, -0.2) is 9.61 Å². The first kappa shape index (κ1) is 13.9. The minimum absolute atomic E-state index is 0.0797. The van der Waals surface area contributed by atoms with Crippen molar-refractivity contribution >= 4 is 22.8 Å². The maximum absolute atomic E-state index is 12.3. The van der Waals surface area contributed by atoms with Gasteiger partial charge in [-0.05, 0) is 35.3 Å². The van der Waals surface area contributed by atoms with E-state index in [4.69, 9.17) is 9.37 Å². The van der Waals surface area contributed by atoms with Gasteiger partial charge < -0.3 is 15.0 Å². The van der Waals surface area contributed by atoms with Crippen LogP contribution in [0.5, 0.6) is 0 Å². The highest BCUT2D eigenvalue weighted by molar-refractivity contribution is 5.94. The van der Waals surface area contributed by atoms with Gasteiger partial charge in [0.1, 0.15) is 0 Å². The lowest BCUT2D eigenvalue weighted by molar-refractivity contribution is -0.122. The van der Waals surface area contributed by atoms with Crippen LogP contribution in [0, 0.1) is 5.92 Å². The lowest BCUT2D eigenvalue weighted by atomic mass is 9.99. The van der Waals surface area contributed by atoms with E-state index in [1.165, 1.54) is 0 Å². The van der Waals surface area contributed by atoms with Crippen molar-refractivity contribution in [1.82, 2.24) is 20.3 Å². The van der Waals surface area contributed by atoms with E-state index in [1.54, 1.807) is 0 Å². The Kier molecular flexibility index (Phi) is 3.51. The molecule has 3 heterocycles. The first-order valence-corrected chi connectivity index (χ1v) is 7.47. The number of fused-ring (bicyclic) bond motifs is 1. The van der Waals surface area contributed by atoms with Crippen LogP contribution in [0.2, 0.25) is 0 Å². The second-order valence-corrected chi connectivity index (χ2v) is 5.44. The number of nitrogens with zero attached hydrogens (tertiary/aromatic N) is 3. The quantitative estimate of drug-likeness (QED) is 0.766. The predicted octanol–water partition coefficient (Wildman–Crippen LogP) is 1.98. The molecule has 0 aliphatic carbocycles. The van der Waals surface area contributed by atoms with Gasteiger partial charge >= 0.3 is 0 Å². The topological polar surface area (TPSA) is 106 Å². The number of carbonyl (C=O) groups excluding carboxylic acids is 1. The van der Waals surface area contributed by atoms with Crippen LogP contribution in [-0.4, -0.2) is 39.4 Å². The Labute approximate surface area is 131 Å². The molecule has 2 aromatic heterocycles. The van der Waals surface area contributed by atoms with Crippen LogP contribution >= 0.6 is 0 Å². The van der Waals surface area contributed by atoms with Crippen LogP contribution in [0.15, 0.2) is 28.9 Å². The fourth-order valence-corrected chi connectivity index (χ4v) is 2.67. The van der Waals surface area contributed by atoms with E-state index in [9.17, 15) is 4.79 Å². The first-order chi connectivity index (χ1) is 11.3. The number of aromatic nitrogens is 4. The molecule has 1 saturated heterocycles. The molecule has 0 unspecified atom stereocenters. The van der Waals surface area contributed by atoms with Crippen LogP contribution in [0.3, 0.4) is 0 Å². The molecule has 0 atom stereocenters. The Morgan fingerprint density at radius 2 is 2.04 bits per heavy atom. The van der Waals surface area contributed by atoms with Crippen molar-refractivity contribution in [3.8, 4) is 11.5 Å². The van der Waals surface area contributed by atoms with Crippen molar-refractivity contribution in [2.45, 2.75) is 12.8 Å². The molecule has 0 spiro atoms. The summed E-state index contributed by atoms with van der Waals surface area (Å²) in [7, 11) is 0. The van der Waals surface area contributed by atoms with Gasteiger partial charge in [0.25, 0.3) is 0 Å². The molecule has 1 aliphatic rings. The summed E-state index contributed by atoms with van der Waals surface area (Å²) in [6, 6.07) is 7.63. The third-order valence-corrected chi connectivity index (χ3v) is 3.94. The van der Waals surface area contributed by atoms with E-state index >= 15 is 0 Å². The van der Waals surface area contributed by atoms with Gasteiger partial charge in [0.2, 0.25) is 11.7 Å². The number of para-hydroxylation sites is 2. The summed E-state index contributed by atoms with van der Waals surface area (Å²) in [6.45, 7) is 1.21. The zero-order chi connectivity index (χ0) is 15.6. The number of amides is 1. The number of hydrogen-bond acceptors (Lipinski definition) is 6. The Bertz CT molecular complexity index is 801. The number of ether oxygens (including phenoxy) is 1. The largest absolute Gasteiger partial charge is 0.381 e. The number of benzene rings is 1. The monoisotopic (exact) mass is 313 g/mol. The highest BCUT2D eigenvalue weighted by Gasteiger charge is 2.25. The molecule has 23 heavy (non-hydrogen) atoms. The first-order valence-electron chi connectivity index (χ1n) is 7.47. The molecule has 1 aliphatic heterocycles. The van der Waals surface area contributed by atoms with Gasteiger partial charge in [-0.3, -0.25) is 4.79 Å². The van der Waals surface area contributed by atoms with E-state index in [0.29, 0.717) is 37.6 Å². The van der Waals surface area contributed by atoms with Crippen LogP contribution in [-0.2, 0) is 9.53 Å². The number of imidazole rings is 1. The Hall–Kier alpha value is -2.74. The minimum atomic E-state index is -0.0960. The SMILES string of the molecule is O=C(Nc1nonc1-c1nc2ccccc2[nH]1)C1CCOCC1. The number of aromatic amines is 1. The average Bonchev–Trinajstić information content (AvgIpc) is 3.21. The average molecular weight is 313 g/mol. The molecule has 0 saturated carbocycles. The van der Waals surface area contributed by atoms with Crippen molar-refractivity contribution in [1.29, 1.82) is 0 Å². The summed E-state index contributed by atoms with van der Waals surface area (Å²) >= 11 is 0. The Morgan fingerprint density at radius 1 is 1.22 bits per heavy atom. The molecule has 118 valence electrons. The van der Waals surface area contributed by atoms with E-state index in [-0.39, 0.29) is 17.6 Å². The molecular weight excluding hydrogens is 298 g/mol. The van der Waals surface area contributed by atoms with Gasteiger partial charge in [-0.1, -0.05) is 12.1 Å². The van der Waals surface area contributed by atoms with Gasteiger partial charge in [-0.15, -0.1) is 0 Å². The van der Waals surface area contributed by atoms with Gasteiger partial charge in [-0.2, -0.15) is 0 Å². The van der Waals surface area contributed by atoms with Crippen molar-refractivity contribution in [2.75, 3.05) is 18.5 Å². The van der Waals surface area contributed by atoms with Crippen LogP contribution in [0.4, 0.5) is 5.82 Å². The number of anilines is 1. The second kappa shape index (κ2) is 5.81.